The van der Waals surface area contributed by atoms with Gasteiger partial charge in [0.05, 0.1) is 0 Å². The second-order valence-corrected chi connectivity index (χ2v) is 14.5. The van der Waals surface area contributed by atoms with Crippen LogP contribution in [-0.4, -0.2) is 87.7 Å². The normalized spacial score (nSPS) is 16.5. The second-order valence-electron chi connectivity index (χ2n) is 14.5. The third kappa shape index (κ3) is 8.31. The Morgan fingerprint density at radius 1 is 0.586 bits per heavy atom. The summed E-state index contributed by atoms with van der Waals surface area (Å²) in [6, 6.07) is 25.0. The van der Waals surface area contributed by atoms with Crippen molar-refractivity contribution < 1.29 is 19.2 Å². The molecule has 2 fully saturated rings. The van der Waals surface area contributed by atoms with Gasteiger partial charge in [0.15, 0.2) is 0 Å². The average Bonchev–Trinajstić information content (AvgIpc) is 4.08. The molecule has 2 atom stereocenters. The van der Waals surface area contributed by atoms with E-state index >= 15 is 0 Å². The van der Waals surface area contributed by atoms with E-state index in [9.17, 15) is 19.2 Å². The number of aryl methyl sites for hydroxylation is 2. The zero-order valence-corrected chi connectivity index (χ0v) is 32.2. The lowest BCUT2D eigenvalue weighted by atomic mass is 10.1. The van der Waals surface area contributed by atoms with Gasteiger partial charge in [-0.1, -0.05) is 48.6 Å². The van der Waals surface area contributed by atoms with E-state index in [-0.39, 0.29) is 35.0 Å². The van der Waals surface area contributed by atoms with E-state index in [2.05, 4.69) is 30.6 Å². The number of likely N-dealkylation sites (tertiary alicyclic amines) is 2. The Bertz CT molecular complexity index is 2330. The molecule has 2 aliphatic heterocycles. The molecule has 14 heteroatoms. The Labute approximate surface area is 335 Å². The maximum Gasteiger partial charge on any atom is 0.274 e. The van der Waals surface area contributed by atoms with Crippen LogP contribution < -0.4 is 10.6 Å². The third-order valence-electron chi connectivity index (χ3n) is 10.3. The van der Waals surface area contributed by atoms with Crippen molar-refractivity contribution >= 4 is 47.2 Å². The minimum Gasteiger partial charge on any atom is -0.325 e. The van der Waals surface area contributed by atoms with E-state index in [0.29, 0.717) is 48.9 Å². The van der Waals surface area contributed by atoms with Crippen LogP contribution in [-0.2, 0) is 9.59 Å². The van der Waals surface area contributed by atoms with Crippen molar-refractivity contribution in [2.24, 2.45) is 0 Å². The second kappa shape index (κ2) is 16.5. The van der Waals surface area contributed by atoms with Crippen LogP contribution >= 0.6 is 0 Å². The molecule has 0 aliphatic carbocycles. The van der Waals surface area contributed by atoms with Crippen molar-refractivity contribution in [1.29, 1.82) is 0 Å². The van der Waals surface area contributed by atoms with Gasteiger partial charge in [-0.25, -0.2) is 19.9 Å². The molecule has 8 rings (SSSR count). The highest BCUT2D eigenvalue weighted by atomic mass is 16.2. The monoisotopic (exact) mass is 774 g/mol. The fraction of sp³-hybridized carbons (Fsp3) is 0.227. The molecule has 2 aliphatic rings. The first-order valence-electron chi connectivity index (χ1n) is 19.3. The summed E-state index contributed by atoms with van der Waals surface area (Å²) in [5, 5.41) is 5.94. The molecule has 14 nitrogen and oxygen atoms in total. The molecular weight excluding hydrogens is 733 g/mol. The Balaban J connectivity index is 0.829. The van der Waals surface area contributed by atoms with Gasteiger partial charge >= 0.3 is 0 Å². The van der Waals surface area contributed by atoms with Crippen molar-refractivity contribution in [2.75, 3.05) is 23.7 Å². The number of amides is 4. The number of rotatable bonds is 10. The Hall–Kier alpha value is -7.22. The molecule has 6 aromatic rings. The summed E-state index contributed by atoms with van der Waals surface area (Å²) >= 11 is 0. The molecule has 6 heterocycles. The minimum atomic E-state index is -0.597. The SMILES string of the molecule is Cc1cccc(-n2cnc(C(=O)N3CCC[C@H]3C(=O)Nc3ccc(C=Cc4ccc(NC(=O)[C@@H]5CCCN5C(=O)c5cn(-c6cccc(C)n6)cn5)cc4)cc3)c2)n1. The molecule has 2 aromatic carbocycles. The van der Waals surface area contributed by atoms with Gasteiger partial charge in [0.25, 0.3) is 11.8 Å². The average molecular weight is 775 g/mol. The minimum absolute atomic E-state index is 0.239. The van der Waals surface area contributed by atoms with E-state index in [1.807, 2.05) is 111 Å². The van der Waals surface area contributed by atoms with E-state index in [4.69, 9.17) is 0 Å². The van der Waals surface area contributed by atoms with Crippen LogP contribution in [0.4, 0.5) is 11.4 Å². The van der Waals surface area contributed by atoms with Gasteiger partial charge in [-0.05, 0) is 99.2 Å². The lowest BCUT2D eigenvalue weighted by molar-refractivity contribution is -0.120. The van der Waals surface area contributed by atoms with Crippen molar-refractivity contribution in [1.82, 2.24) is 38.9 Å². The number of imidazole rings is 2. The van der Waals surface area contributed by atoms with Crippen molar-refractivity contribution in [2.45, 2.75) is 51.6 Å². The summed E-state index contributed by atoms with van der Waals surface area (Å²) in [6.45, 7) is 4.76. The first kappa shape index (κ1) is 37.7. The highest BCUT2D eigenvalue weighted by Gasteiger charge is 2.37. The molecule has 0 bridgehead atoms. The number of carbonyl (C=O) groups excluding carboxylic acids is 4. The third-order valence-corrected chi connectivity index (χ3v) is 10.3. The molecule has 0 radical (unpaired) electrons. The first-order chi connectivity index (χ1) is 28.2. The zero-order valence-electron chi connectivity index (χ0n) is 32.2. The molecule has 4 aromatic heterocycles. The topological polar surface area (TPSA) is 160 Å². The fourth-order valence-electron chi connectivity index (χ4n) is 7.32. The van der Waals surface area contributed by atoms with Crippen LogP contribution in [0.15, 0.2) is 110 Å². The number of carbonyl (C=O) groups is 4. The summed E-state index contributed by atoms with van der Waals surface area (Å²) in [4.78, 5) is 74.3. The smallest absolute Gasteiger partial charge is 0.274 e. The molecule has 2 saturated heterocycles. The van der Waals surface area contributed by atoms with Crippen LogP contribution in [0.2, 0.25) is 0 Å². The maximum absolute atomic E-state index is 13.4. The van der Waals surface area contributed by atoms with E-state index in [0.717, 1.165) is 35.4 Å². The predicted molar refractivity (Wildman–Crippen MR) is 219 cm³/mol. The van der Waals surface area contributed by atoms with E-state index < -0.39 is 12.1 Å². The Morgan fingerprint density at radius 3 is 1.40 bits per heavy atom. The van der Waals surface area contributed by atoms with Gasteiger partial charge in [0.1, 0.15) is 47.8 Å². The van der Waals surface area contributed by atoms with Gasteiger partial charge in [-0.2, -0.15) is 0 Å². The van der Waals surface area contributed by atoms with Gasteiger partial charge < -0.3 is 20.4 Å². The summed E-state index contributed by atoms with van der Waals surface area (Å²) in [5.41, 5.74) is 5.37. The van der Waals surface area contributed by atoms with Gasteiger partial charge in [0.2, 0.25) is 11.8 Å². The van der Waals surface area contributed by atoms with Gasteiger partial charge in [-0.3, -0.25) is 28.3 Å². The highest BCUT2D eigenvalue weighted by Crippen LogP contribution is 2.24. The molecule has 58 heavy (non-hydrogen) atoms. The molecule has 0 spiro atoms. The first-order valence-corrected chi connectivity index (χ1v) is 19.3. The van der Waals surface area contributed by atoms with Crippen LogP contribution in [0, 0.1) is 13.8 Å². The Kier molecular flexibility index (Phi) is 10.7. The Morgan fingerprint density at radius 2 is 1.00 bits per heavy atom. The van der Waals surface area contributed by atoms with Crippen molar-refractivity contribution in [3.63, 3.8) is 0 Å². The van der Waals surface area contributed by atoms with E-state index in [1.165, 1.54) is 0 Å². The highest BCUT2D eigenvalue weighted by molar-refractivity contribution is 6.02. The molecule has 292 valence electrons. The number of anilines is 2. The molecule has 4 amide bonds. The quantitative estimate of drug-likeness (QED) is 0.158. The van der Waals surface area contributed by atoms with Crippen LogP contribution in [0.3, 0.4) is 0 Å². The summed E-state index contributed by atoms with van der Waals surface area (Å²) < 4.78 is 3.41. The number of aromatic nitrogens is 6. The maximum atomic E-state index is 13.4. The number of pyridine rings is 2. The van der Waals surface area contributed by atoms with Crippen LogP contribution in [0.25, 0.3) is 23.8 Å². The van der Waals surface area contributed by atoms with Crippen LogP contribution in [0.1, 0.15) is 69.2 Å². The summed E-state index contributed by atoms with van der Waals surface area (Å²) in [5.74, 6) is 0.282. The molecule has 0 unspecified atom stereocenters. The standard InChI is InChI=1S/C44H42N10O4/c1-29-7-3-11-39(47-29)51-25-35(45-27-51)43(57)53-23-5-9-37(53)41(55)49-33-19-15-31(16-20-33)13-14-32-17-21-34(22-18-32)50-42(56)38-10-6-24-54(38)44(58)36-26-52(28-46-36)40-12-4-8-30(2)48-40/h3-4,7-8,11-22,25-28,37-38H,5-6,9-10,23-24H2,1-2H3,(H,49,55)(H,50,56)/t37-,38-/m0/s1. The van der Waals surface area contributed by atoms with Crippen molar-refractivity contribution in [3.05, 3.63) is 144 Å². The number of nitrogens with zero attached hydrogens (tertiary/aromatic N) is 8. The largest absolute Gasteiger partial charge is 0.325 e. The van der Waals surface area contributed by atoms with Crippen molar-refractivity contribution in [3.8, 4) is 11.6 Å². The summed E-state index contributed by atoms with van der Waals surface area (Å²) in [7, 11) is 0. The molecule has 0 saturated carbocycles. The lowest BCUT2D eigenvalue weighted by Gasteiger charge is -2.23. The fourth-order valence-corrected chi connectivity index (χ4v) is 7.32. The lowest BCUT2D eigenvalue weighted by Crippen LogP contribution is -2.43. The van der Waals surface area contributed by atoms with Gasteiger partial charge in [0, 0.05) is 48.2 Å². The predicted octanol–water partition coefficient (Wildman–Crippen LogP) is 6.12. The number of hydrogen-bond donors (Lipinski definition) is 2. The number of benzene rings is 2. The zero-order chi connectivity index (χ0) is 40.2. The summed E-state index contributed by atoms with van der Waals surface area (Å²) in [6.07, 6.45) is 12.9. The molecule has 2 N–H and O–H groups in total. The van der Waals surface area contributed by atoms with E-state index in [1.54, 1.807) is 44.0 Å². The van der Waals surface area contributed by atoms with Gasteiger partial charge in [-0.15, -0.1) is 0 Å². The molecular formula is C44H42N10O4. The number of nitrogens with one attached hydrogen (secondary N) is 2. The van der Waals surface area contributed by atoms with Crippen LogP contribution in [0.5, 0.6) is 0 Å². The number of hydrogen-bond acceptors (Lipinski definition) is 8.